The van der Waals surface area contributed by atoms with Gasteiger partial charge in [-0.15, -0.1) is 0 Å². The third-order valence-corrected chi connectivity index (χ3v) is 3.74. The summed E-state index contributed by atoms with van der Waals surface area (Å²) in [6.45, 7) is 3.00. The molecule has 0 saturated heterocycles. The molecule has 0 atom stereocenters. The molecule has 2 N–H and O–H groups in total. The van der Waals surface area contributed by atoms with Gasteiger partial charge in [-0.25, -0.2) is 9.78 Å². The second kappa shape index (κ2) is 7.38. The first-order chi connectivity index (χ1) is 10.1. The summed E-state index contributed by atoms with van der Waals surface area (Å²) in [5.41, 5.74) is 2.39. The van der Waals surface area contributed by atoms with Crippen LogP contribution in [0.25, 0.3) is 0 Å². The third-order valence-electron chi connectivity index (χ3n) is 3.74. The number of rotatable bonds is 8. The Morgan fingerprint density at radius 2 is 2.29 bits per heavy atom. The van der Waals surface area contributed by atoms with Crippen LogP contribution in [-0.2, 0) is 17.6 Å². The number of aryl methyl sites for hydroxylation is 2. The molecule has 1 aliphatic carbocycles. The fraction of sp³-hybridized carbons (Fsp3) is 0.600. The number of carboxylic acids is 1. The summed E-state index contributed by atoms with van der Waals surface area (Å²) < 4.78 is 5.03. The summed E-state index contributed by atoms with van der Waals surface area (Å²) in [6, 6.07) is 1.77. The third kappa shape index (κ3) is 4.15. The lowest BCUT2D eigenvalue weighted by Gasteiger charge is -2.17. The topological polar surface area (TPSA) is 74.7 Å². The number of nitrogens with one attached hydrogen (secondary N) is 1. The highest BCUT2D eigenvalue weighted by molar-refractivity contribution is 5.93. The van der Waals surface area contributed by atoms with Crippen molar-refractivity contribution in [1.82, 2.24) is 9.88 Å². The molecule has 0 aliphatic heterocycles. The van der Waals surface area contributed by atoms with Crippen molar-refractivity contribution in [3.63, 3.8) is 0 Å². The van der Waals surface area contributed by atoms with Gasteiger partial charge in [-0.2, -0.15) is 0 Å². The number of hydrogen-bond donors (Lipinski definition) is 2. The molecular formula is C15H23N3O3. The molecule has 0 radical (unpaired) electrons. The zero-order chi connectivity index (χ0) is 15.2. The standard InChI is InChI=1S/C15H23N3O3/c1-18(8-9-21-2)7-6-16-14-12(15(19)20)10-11-4-3-5-13(11)17-14/h10H,3-9H2,1-2H3,(H,16,17)(H,19,20). The second-order valence-corrected chi connectivity index (χ2v) is 5.37. The smallest absolute Gasteiger partial charge is 0.339 e. The zero-order valence-electron chi connectivity index (χ0n) is 12.7. The van der Waals surface area contributed by atoms with Gasteiger partial charge in [0, 0.05) is 32.4 Å². The van der Waals surface area contributed by atoms with Crippen molar-refractivity contribution >= 4 is 11.8 Å². The average molecular weight is 293 g/mol. The molecule has 6 nitrogen and oxygen atoms in total. The molecular weight excluding hydrogens is 270 g/mol. The molecule has 116 valence electrons. The molecule has 2 rings (SSSR count). The van der Waals surface area contributed by atoms with Crippen molar-refractivity contribution in [1.29, 1.82) is 0 Å². The number of carboxylic acid groups (broad SMARTS) is 1. The highest BCUT2D eigenvalue weighted by Crippen LogP contribution is 2.25. The average Bonchev–Trinajstić information content (AvgIpc) is 2.91. The van der Waals surface area contributed by atoms with Crippen molar-refractivity contribution in [3.05, 3.63) is 22.9 Å². The second-order valence-electron chi connectivity index (χ2n) is 5.37. The maximum Gasteiger partial charge on any atom is 0.339 e. The maximum atomic E-state index is 11.4. The van der Waals surface area contributed by atoms with Gasteiger partial charge in [0.05, 0.1) is 6.61 Å². The number of aromatic carboxylic acids is 1. The Morgan fingerprint density at radius 1 is 1.48 bits per heavy atom. The van der Waals surface area contributed by atoms with Crippen LogP contribution in [0.1, 0.15) is 28.0 Å². The number of carbonyl (C=O) groups is 1. The van der Waals surface area contributed by atoms with Gasteiger partial charge in [0.1, 0.15) is 11.4 Å². The van der Waals surface area contributed by atoms with Crippen molar-refractivity contribution < 1.29 is 14.6 Å². The van der Waals surface area contributed by atoms with Gasteiger partial charge in [-0.3, -0.25) is 0 Å². The van der Waals surface area contributed by atoms with Crippen LogP contribution in [0.2, 0.25) is 0 Å². The highest BCUT2D eigenvalue weighted by atomic mass is 16.5. The molecule has 1 aliphatic rings. The number of nitrogens with zero attached hydrogens (tertiary/aromatic N) is 2. The summed E-state index contributed by atoms with van der Waals surface area (Å²) in [7, 11) is 3.69. The summed E-state index contributed by atoms with van der Waals surface area (Å²) in [4.78, 5) is 18.0. The highest BCUT2D eigenvalue weighted by Gasteiger charge is 2.19. The van der Waals surface area contributed by atoms with E-state index in [0.717, 1.165) is 43.6 Å². The molecule has 6 heteroatoms. The molecule has 0 spiro atoms. The van der Waals surface area contributed by atoms with E-state index in [1.54, 1.807) is 13.2 Å². The molecule has 0 unspecified atom stereocenters. The Balaban J connectivity index is 1.97. The minimum Gasteiger partial charge on any atom is -0.478 e. The van der Waals surface area contributed by atoms with E-state index in [2.05, 4.69) is 15.2 Å². The Labute approximate surface area is 125 Å². The zero-order valence-corrected chi connectivity index (χ0v) is 12.7. The van der Waals surface area contributed by atoms with E-state index >= 15 is 0 Å². The minimum atomic E-state index is -0.924. The van der Waals surface area contributed by atoms with Crippen LogP contribution in [0, 0.1) is 0 Å². The summed E-state index contributed by atoms with van der Waals surface area (Å²) >= 11 is 0. The van der Waals surface area contributed by atoms with Gasteiger partial charge in [0.15, 0.2) is 0 Å². The van der Waals surface area contributed by atoms with Crippen LogP contribution >= 0.6 is 0 Å². The van der Waals surface area contributed by atoms with Crippen LogP contribution in [-0.4, -0.2) is 61.4 Å². The van der Waals surface area contributed by atoms with Gasteiger partial charge >= 0.3 is 5.97 Å². The predicted octanol–water partition coefficient (Wildman–Crippen LogP) is 1.26. The van der Waals surface area contributed by atoms with E-state index in [9.17, 15) is 9.90 Å². The summed E-state index contributed by atoms with van der Waals surface area (Å²) in [5.74, 6) is -0.435. The predicted molar refractivity (Wildman–Crippen MR) is 81.1 cm³/mol. The fourth-order valence-corrected chi connectivity index (χ4v) is 2.49. The van der Waals surface area contributed by atoms with Crippen LogP contribution in [0.15, 0.2) is 6.07 Å². The Morgan fingerprint density at radius 3 is 3.00 bits per heavy atom. The van der Waals surface area contributed by atoms with Crippen LogP contribution in [0.3, 0.4) is 0 Å². The normalized spacial score (nSPS) is 13.5. The number of ether oxygens (including phenoxy) is 1. The first-order valence-corrected chi connectivity index (χ1v) is 7.29. The Bertz CT molecular complexity index is 505. The van der Waals surface area contributed by atoms with Gasteiger partial charge in [-0.05, 0) is 37.9 Å². The first kappa shape index (κ1) is 15.7. The number of hydrogen-bond acceptors (Lipinski definition) is 5. The maximum absolute atomic E-state index is 11.4. The number of fused-ring (bicyclic) bond motifs is 1. The van der Waals surface area contributed by atoms with E-state index in [0.29, 0.717) is 19.0 Å². The largest absolute Gasteiger partial charge is 0.478 e. The van der Waals surface area contributed by atoms with E-state index in [-0.39, 0.29) is 5.56 Å². The molecule has 1 aromatic heterocycles. The lowest BCUT2D eigenvalue weighted by Crippen LogP contribution is -2.28. The lowest BCUT2D eigenvalue weighted by atomic mass is 10.1. The van der Waals surface area contributed by atoms with Crippen LogP contribution in [0.5, 0.6) is 0 Å². The number of methoxy groups -OCH3 is 1. The minimum absolute atomic E-state index is 0.273. The number of anilines is 1. The molecule has 1 aromatic rings. The quantitative estimate of drug-likeness (QED) is 0.751. The molecule has 0 amide bonds. The lowest BCUT2D eigenvalue weighted by molar-refractivity contribution is 0.0697. The van der Waals surface area contributed by atoms with Gasteiger partial charge in [0.25, 0.3) is 0 Å². The van der Waals surface area contributed by atoms with Crippen molar-refractivity contribution in [3.8, 4) is 0 Å². The number of pyridine rings is 1. The van der Waals surface area contributed by atoms with E-state index in [4.69, 9.17) is 4.74 Å². The van der Waals surface area contributed by atoms with Gasteiger partial charge in [0.2, 0.25) is 0 Å². The van der Waals surface area contributed by atoms with Gasteiger partial charge < -0.3 is 20.1 Å². The number of likely N-dealkylation sites (N-methyl/N-ethyl adjacent to an activating group) is 1. The van der Waals surface area contributed by atoms with Gasteiger partial charge in [-0.1, -0.05) is 0 Å². The van der Waals surface area contributed by atoms with Crippen molar-refractivity contribution in [2.75, 3.05) is 45.7 Å². The fourth-order valence-electron chi connectivity index (χ4n) is 2.49. The summed E-state index contributed by atoms with van der Waals surface area (Å²) in [5, 5.41) is 12.5. The van der Waals surface area contributed by atoms with Crippen molar-refractivity contribution in [2.24, 2.45) is 0 Å². The number of aromatic nitrogens is 1. The first-order valence-electron chi connectivity index (χ1n) is 7.29. The molecule has 0 aromatic carbocycles. The van der Waals surface area contributed by atoms with E-state index in [1.165, 1.54) is 0 Å². The van der Waals surface area contributed by atoms with E-state index in [1.807, 2.05) is 7.05 Å². The molecule has 21 heavy (non-hydrogen) atoms. The Hall–Kier alpha value is -1.66. The molecule has 1 heterocycles. The molecule has 0 saturated carbocycles. The van der Waals surface area contributed by atoms with Crippen LogP contribution < -0.4 is 5.32 Å². The SMILES string of the molecule is COCCN(C)CCNc1nc2c(cc1C(=O)O)CCC2. The molecule has 0 fully saturated rings. The molecule has 0 bridgehead atoms. The van der Waals surface area contributed by atoms with Crippen LogP contribution in [0.4, 0.5) is 5.82 Å². The van der Waals surface area contributed by atoms with E-state index < -0.39 is 5.97 Å². The summed E-state index contributed by atoms with van der Waals surface area (Å²) in [6.07, 6.45) is 2.94. The monoisotopic (exact) mass is 293 g/mol. The van der Waals surface area contributed by atoms with Crippen molar-refractivity contribution in [2.45, 2.75) is 19.3 Å². The Kier molecular flexibility index (Phi) is 5.52.